The summed E-state index contributed by atoms with van der Waals surface area (Å²) in [4.78, 5) is 12.8. The van der Waals surface area contributed by atoms with Gasteiger partial charge in [-0.1, -0.05) is 35.0 Å². The van der Waals surface area contributed by atoms with E-state index in [1.165, 1.54) is 7.11 Å². The Balaban J connectivity index is 1.64. The summed E-state index contributed by atoms with van der Waals surface area (Å²) in [5, 5.41) is 7.58. The SMILES string of the molecule is CNC1OC1/C(=N/OC)c1ccccc1Oc1ncnc(Oc2cccc(Cl)c2C)c1F. The average molecular weight is 459 g/mol. The maximum absolute atomic E-state index is 15.1. The number of epoxide rings is 1. The largest absolute Gasteiger partial charge is 0.436 e. The molecule has 4 rings (SSSR count). The first-order chi connectivity index (χ1) is 15.5. The van der Waals surface area contributed by atoms with Gasteiger partial charge in [0.25, 0.3) is 11.8 Å². The van der Waals surface area contributed by atoms with Crippen LogP contribution in [0.2, 0.25) is 5.02 Å². The number of likely N-dealkylation sites (N-methyl/N-ethyl adjacent to an activating group) is 1. The van der Waals surface area contributed by atoms with E-state index in [4.69, 9.17) is 30.6 Å². The van der Waals surface area contributed by atoms with Gasteiger partial charge in [-0.3, -0.25) is 5.32 Å². The fourth-order valence-electron chi connectivity index (χ4n) is 3.05. The van der Waals surface area contributed by atoms with Crippen molar-refractivity contribution in [2.24, 2.45) is 5.16 Å². The minimum absolute atomic E-state index is 0.200. The summed E-state index contributed by atoms with van der Waals surface area (Å²) in [7, 11) is 3.21. The lowest BCUT2D eigenvalue weighted by Gasteiger charge is -2.13. The maximum atomic E-state index is 15.1. The summed E-state index contributed by atoms with van der Waals surface area (Å²) in [6, 6.07) is 12.1. The molecule has 1 aromatic heterocycles. The highest BCUT2D eigenvalue weighted by atomic mass is 35.5. The van der Waals surface area contributed by atoms with Crippen molar-refractivity contribution in [2.45, 2.75) is 19.3 Å². The number of hydrogen-bond donors (Lipinski definition) is 1. The summed E-state index contributed by atoms with van der Waals surface area (Å²) in [5.74, 6) is -0.760. The zero-order valence-corrected chi connectivity index (χ0v) is 18.3. The number of nitrogens with one attached hydrogen (secondary N) is 1. The topological polar surface area (TPSA) is 90.4 Å². The van der Waals surface area contributed by atoms with Crippen LogP contribution in [0.25, 0.3) is 0 Å². The van der Waals surface area contributed by atoms with E-state index in [-0.39, 0.29) is 24.1 Å². The molecule has 0 saturated carbocycles. The minimum Gasteiger partial charge on any atom is -0.436 e. The zero-order valence-electron chi connectivity index (χ0n) is 17.5. The van der Waals surface area contributed by atoms with Crippen LogP contribution in [0.1, 0.15) is 11.1 Å². The summed E-state index contributed by atoms with van der Waals surface area (Å²) < 4.78 is 32.1. The Morgan fingerprint density at radius 3 is 2.47 bits per heavy atom. The van der Waals surface area contributed by atoms with Crippen molar-refractivity contribution in [1.82, 2.24) is 15.3 Å². The molecule has 3 aromatic rings. The molecular weight excluding hydrogens is 439 g/mol. The van der Waals surface area contributed by atoms with Crippen molar-refractivity contribution in [2.75, 3.05) is 14.2 Å². The number of rotatable bonds is 8. The third-order valence-electron chi connectivity index (χ3n) is 4.76. The van der Waals surface area contributed by atoms with Gasteiger partial charge in [-0.2, -0.15) is 14.4 Å². The molecule has 0 spiro atoms. The molecule has 8 nitrogen and oxygen atoms in total. The van der Waals surface area contributed by atoms with Crippen molar-refractivity contribution in [3.8, 4) is 23.3 Å². The summed E-state index contributed by atoms with van der Waals surface area (Å²) in [6.45, 7) is 1.76. The van der Waals surface area contributed by atoms with Gasteiger partial charge in [-0.15, -0.1) is 0 Å². The Morgan fingerprint density at radius 1 is 1.09 bits per heavy atom. The van der Waals surface area contributed by atoms with Crippen LogP contribution in [-0.4, -0.2) is 42.2 Å². The number of ether oxygens (including phenoxy) is 3. The van der Waals surface area contributed by atoms with Gasteiger partial charge < -0.3 is 19.0 Å². The number of hydrogen-bond acceptors (Lipinski definition) is 8. The van der Waals surface area contributed by atoms with Gasteiger partial charge in [-0.05, 0) is 38.2 Å². The molecule has 10 heteroatoms. The molecule has 0 radical (unpaired) electrons. The third-order valence-corrected chi connectivity index (χ3v) is 5.16. The van der Waals surface area contributed by atoms with E-state index >= 15 is 4.39 Å². The van der Waals surface area contributed by atoms with Crippen LogP contribution >= 0.6 is 11.6 Å². The number of aromatic nitrogens is 2. The van der Waals surface area contributed by atoms with Gasteiger partial charge in [-0.25, -0.2) is 0 Å². The smallest absolute Gasteiger partial charge is 0.263 e. The van der Waals surface area contributed by atoms with E-state index < -0.39 is 5.82 Å². The highest BCUT2D eigenvalue weighted by molar-refractivity contribution is 6.31. The molecule has 32 heavy (non-hydrogen) atoms. The molecule has 1 aliphatic heterocycles. The molecule has 1 aliphatic rings. The third kappa shape index (κ3) is 4.50. The van der Waals surface area contributed by atoms with E-state index in [0.29, 0.717) is 33.4 Å². The van der Waals surface area contributed by atoms with Gasteiger partial charge in [0.1, 0.15) is 43.0 Å². The van der Waals surface area contributed by atoms with Crippen LogP contribution in [0, 0.1) is 12.7 Å². The molecule has 1 fully saturated rings. The van der Waals surface area contributed by atoms with Crippen LogP contribution in [0.5, 0.6) is 23.3 Å². The maximum Gasteiger partial charge on any atom is 0.263 e. The van der Waals surface area contributed by atoms with E-state index in [2.05, 4.69) is 20.4 Å². The molecule has 1 N–H and O–H groups in total. The summed E-state index contributed by atoms with van der Waals surface area (Å²) in [6.07, 6.45) is 0.625. The van der Waals surface area contributed by atoms with Crippen LogP contribution < -0.4 is 14.8 Å². The Kier molecular flexibility index (Phi) is 6.50. The van der Waals surface area contributed by atoms with Crippen LogP contribution in [-0.2, 0) is 9.57 Å². The quantitative estimate of drug-likeness (QED) is 0.303. The molecule has 2 atom stereocenters. The molecule has 0 amide bonds. The molecule has 0 bridgehead atoms. The van der Waals surface area contributed by atoms with E-state index in [1.807, 2.05) is 0 Å². The van der Waals surface area contributed by atoms with Crippen molar-refractivity contribution in [3.05, 3.63) is 70.8 Å². The van der Waals surface area contributed by atoms with Crippen LogP contribution in [0.15, 0.2) is 53.9 Å². The van der Waals surface area contributed by atoms with E-state index in [0.717, 1.165) is 6.33 Å². The fourth-order valence-corrected chi connectivity index (χ4v) is 3.21. The molecule has 2 heterocycles. The first kappa shape index (κ1) is 21.9. The lowest BCUT2D eigenvalue weighted by atomic mass is 10.1. The predicted octanol–water partition coefficient (Wildman–Crippen LogP) is 4.46. The Labute approximate surface area is 188 Å². The zero-order chi connectivity index (χ0) is 22.7. The van der Waals surface area contributed by atoms with E-state index in [9.17, 15) is 0 Å². The fraction of sp³-hybridized carbons (Fsp3) is 0.227. The Hall–Kier alpha value is -3.27. The summed E-state index contributed by atoms with van der Waals surface area (Å²) >= 11 is 6.12. The Bertz CT molecular complexity index is 1160. The number of benzene rings is 2. The normalized spacial score (nSPS) is 17.7. The standard InChI is InChI=1S/C22H20ClFN4O4/c1-12-14(23)8-6-10-15(12)30-20-17(24)21(27-11-26-20)31-16-9-5-4-7-13(16)18(28-29-3)19-22(25-2)32-19/h4-11,19,22,25H,1-3H3/b28-18+. The van der Waals surface area contributed by atoms with Crippen LogP contribution in [0.3, 0.4) is 0 Å². The van der Waals surface area contributed by atoms with Crippen molar-refractivity contribution in [1.29, 1.82) is 0 Å². The molecular formula is C22H20ClFN4O4. The first-order valence-electron chi connectivity index (χ1n) is 9.68. The highest BCUT2D eigenvalue weighted by Crippen LogP contribution is 2.35. The number of oxime groups is 1. The van der Waals surface area contributed by atoms with Crippen LogP contribution in [0.4, 0.5) is 4.39 Å². The van der Waals surface area contributed by atoms with Gasteiger partial charge in [0, 0.05) is 16.1 Å². The van der Waals surface area contributed by atoms with Gasteiger partial charge >= 0.3 is 0 Å². The van der Waals surface area contributed by atoms with Gasteiger partial charge in [0.2, 0.25) is 5.82 Å². The van der Waals surface area contributed by atoms with Crippen molar-refractivity contribution >= 4 is 17.3 Å². The van der Waals surface area contributed by atoms with Crippen molar-refractivity contribution in [3.63, 3.8) is 0 Å². The Morgan fingerprint density at radius 2 is 1.78 bits per heavy atom. The lowest BCUT2D eigenvalue weighted by molar-refractivity contribution is 0.211. The lowest BCUT2D eigenvalue weighted by Crippen LogP contribution is -2.20. The first-order valence-corrected chi connectivity index (χ1v) is 10.1. The number of nitrogens with zero attached hydrogens (tertiary/aromatic N) is 3. The molecule has 166 valence electrons. The number of para-hydroxylation sites is 1. The molecule has 2 aromatic carbocycles. The second-order valence-corrected chi connectivity index (χ2v) is 7.19. The van der Waals surface area contributed by atoms with E-state index in [1.54, 1.807) is 56.4 Å². The van der Waals surface area contributed by atoms with Gasteiger partial charge in [0.05, 0.1) is 0 Å². The summed E-state index contributed by atoms with van der Waals surface area (Å²) in [5.41, 5.74) is 1.73. The second-order valence-electron chi connectivity index (χ2n) is 6.79. The molecule has 2 unspecified atom stereocenters. The highest BCUT2D eigenvalue weighted by Gasteiger charge is 2.44. The second kappa shape index (κ2) is 9.47. The molecule has 0 aliphatic carbocycles. The van der Waals surface area contributed by atoms with Gasteiger partial charge in [0.15, 0.2) is 0 Å². The average Bonchev–Trinajstić information content (AvgIpc) is 3.58. The predicted molar refractivity (Wildman–Crippen MR) is 116 cm³/mol. The van der Waals surface area contributed by atoms with Crippen molar-refractivity contribution < 1.29 is 23.4 Å². The monoisotopic (exact) mass is 458 g/mol. The molecule has 1 saturated heterocycles. The minimum atomic E-state index is -0.859. The number of halogens is 2.